The van der Waals surface area contributed by atoms with Crippen LogP contribution in [-0.4, -0.2) is 18.1 Å². The fourth-order valence-corrected chi connectivity index (χ4v) is 1.72. The molecule has 1 N–H and O–H groups in total. The summed E-state index contributed by atoms with van der Waals surface area (Å²) in [6, 6.07) is 8.06. The normalized spacial score (nSPS) is 13.2. The molecule has 0 bridgehead atoms. The van der Waals surface area contributed by atoms with Crippen molar-refractivity contribution in [1.82, 2.24) is 5.32 Å². The molecule has 1 unspecified atom stereocenters. The topological polar surface area (TPSA) is 38.3 Å². The summed E-state index contributed by atoms with van der Waals surface area (Å²) < 4.78 is 5.45. The van der Waals surface area contributed by atoms with Gasteiger partial charge in [0.05, 0.1) is 11.6 Å². The molecule has 0 radical (unpaired) electrons. The molecule has 0 saturated carbocycles. The maximum Gasteiger partial charge on any atom is 0.246 e. The van der Waals surface area contributed by atoms with E-state index in [9.17, 15) is 4.79 Å². The lowest BCUT2D eigenvalue weighted by molar-refractivity contribution is -0.131. The molecule has 0 saturated heterocycles. The van der Waals surface area contributed by atoms with Crippen LogP contribution in [0.25, 0.3) is 0 Å². The zero-order valence-corrected chi connectivity index (χ0v) is 11.9. The molecule has 0 aliphatic heterocycles. The van der Waals surface area contributed by atoms with Crippen molar-refractivity contribution in [2.45, 2.75) is 46.3 Å². The highest BCUT2D eigenvalue weighted by Crippen LogP contribution is 2.16. The Kier molecular flexibility index (Phi) is 4.91. The molecule has 0 aromatic heterocycles. The monoisotopic (exact) mass is 249 g/mol. The number of ether oxygens (including phenoxy) is 1. The van der Waals surface area contributed by atoms with Crippen molar-refractivity contribution < 1.29 is 9.53 Å². The number of benzene rings is 1. The van der Waals surface area contributed by atoms with Crippen LogP contribution in [0.1, 0.15) is 44.9 Å². The molecule has 1 aromatic carbocycles. The zero-order valence-electron chi connectivity index (χ0n) is 11.9. The Morgan fingerprint density at radius 3 is 2.50 bits per heavy atom. The summed E-state index contributed by atoms with van der Waals surface area (Å²) in [4.78, 5) is 11.7. The average Bonchev–Trinajstić information content (AvgIpc) is 2.26. The second-order valence-corrected chi connectivity index (χ2v) is 5.55. The van der Waals surface area contributed by atoms with E-state index in [1.807, 2.05) is 58.9 Å². The van der Waals surface area contributed by atoms with Gasteiger partial charge in [-0.2, -0.15) is 0 Å². The molecule has 0 aliphatic rings. The Labute approximate surface area is 110 Å². The third-order valence-electron chi connectivity index (χ3n) is 2.67. The van der Waals surface area contributed by atoms with Crippen LogP contribution in [0.2, 0.25) is 0 Å². The standard InChI is InChI=1S/C15H23NO2/c1-11-8-6-7-9-13(11)12(2)16-14(17)10-18-15(3,4)5/h6-9,12H,10H2,1-5H3,(H,16,17). The minimum atomic E-state index is -0.288. The first kappa shape index (κ1) is 14.7. The number of carbonyl (C=O) groups is 1. The van der Waals surface area contributed by atoms with E-state index in [1.165, 1.54) is 5.56 Å². The van der Waals surface area contributed by atoms with Crippen molar-refractivity contribution in [1.29, 1.82) is 0 Å². The zero-order chi connectivity index (χ0) is 13.8. The van der Waals surface area contributed by atoms with Gasteiger partial charge in [-0.1, -0.05) is 24.3 Å². The molecule has 3 nitrogen and oxygen atoms in total. The fourth-order valence-electron chi connectivity index (χ4n) is 1.72. The van der Waals surface area contributed by atoms with Gasteiger partial charge in [0.2, 0.25) is 5.91 Å². The molecule has 0 aliphatic carbocycles. The maximum atomic E-state index is 11.7. The summed E-state index contributed by atoms with van der Waals surface area (Å²) in [5.41, 5.74) is 2.03. The van der Waals surface area contributed by atoms with Crippen molar-refractivity contribution in [3.63, 3.8) is 0 Å². The Hall–Kier alpha value is -1.35. The average molecular weight is 249 g/mol. The van der Waals surface area contributed by atoms with Crippen molar-refractivity contribution in [3.05, 3.63) is 35.4 Å². The lowest BCUT2D eigenvalue weighted by Crippen LogP contribution is -2.33. The quantitative estimate of drug-likeness (QED) is 0.891. The van der Waals surface area contributed by atoms with Crippen LogP contribution in [0, 0.1) is 6.92 Å². The van der Waals surface area contributed by atoms with E-state index < -0.39 is 0 Å². The summed E-state index contributed by atoms with van der Waals surface area (Å²) in [7, 11) is 0. The first-order valence-electron chi connectivity index (χ1n) is 6.28. The lowest BCUT2D eigenvalue weighted by Gasteiger charge is -2.21. The van der Waals surface area contributed by atoms with Gasteiger partial charge in [-0.05, 0) is 45.7 Å². The van der Waals surface area contributed by atoms with Crippen LogP contribution in [0.3, 0.4) is 0 Å². The van der Waals surface area contributed by atoms with Crippen LogP contribution >= 0.6 is 0 Å². The summed E-state index contributed by atoms with van der Waals surface area (Å²) in [6.45, 7) is 9.93. The summed E-state index contributed by atoms with van der Waals surface area (Å²) >= 11 is 0. The van der Waals surface area contributed by atoms with Gasteiger partial charge in [-0.15, -0.1) is 0 Å². The predicted molar refractivity (Wildman–Crippen MR) is 73.4 cm³/mol. The van der Waals surface area contributed by atoms with Gasteiger partial charge in [0, 0.05) is 0 Å². The van der Waals surface area contributed by atoms with Gasteiger partial charge in [-0.3, -0.25) is 4.79 Å². The van der Waals surface area contributed by atoms with Crippen LogP contribution in [0.4, 0.5) is 0 Å². The molecular weight excluding hydrogens is 226 g/mol. The van der Waals surface area contributed by atoms with E-state index in [4.69, 9.17) is 4.74 Å². The van der Waals surface area contributed by atoms with Gasteiger partial charge in [0.25, 0.3) is 0 Å². The van der Waals surface area contributed by atoms with E-state index in [1.54, 1.807) is 0 Å². The van der Waals surface area contributed by atoms with Crippen molar-refractivity contribution in [3.8, 4) is 0 Å². The lowest BCUT2D eigenvalue weighted by atomic mass is 10.0. The highest BCUT2D eigenvalue weighted by molar-refractivity contribution is 5.77. The highest BCUT2D eigenvalue weighted by Gasteiger charge is 2.15. The van der Waals surface area contributed by atoms with Crippen molar-refractivity contribution in [2.75, 3.05) is 6.61 Å². The number of nitrogens with one attached hydrogen (secondary N) is 1. The minimum absolute atomic E-state index is 0.00210. The Morgan fingerprint density at radius 2 is 1.94 bits per heavy atom. The Bertz CT molecular complexity index is 407. The minimum Gasteiger partial charge on any atom is -0.366 e. The number of rotatable bonds is 4. The SMILES string of the molecule is Cc1ccccc1C(C)NC(=O)COC(C)(C)C. The summed E-state index contributed by atoms with van der Waals surface area (Å²) in [6.07, 6.45) is 0. The molecule has 100 valence electrons. The summed E-state index contributed by atoms with van der Waals surface area (Å²) in [5.74, 6) is -0.0827. The molecule has 0 fully saturated rings. The number of hydrogen-bond donors (Lipinski definition) is 1. The van der Waals surface area contributed by atoms with E-state index in [2.05, 4.69) is 5.32 Å². The first-order valence-corrected chi connectivity index (χ1v) is 6.28. The molecule has 0 spiro atoms. The van der Waals surface area contributed by atoms with Gasteiger partial charge < -0.3 is 10.1 Å². The number of aryl methyl sites for hydroxylation is 1. The number of amides is 1. The smallest absolute Gasteiger partial charge is 0.246 e. The molecule has 0 heterocycles. The number of carbonyl (C=O) groups excluding carboxylic acids is 1. The molecule has 1 atom stereocenters. The van der Waals surface area contributed by atoms with Crippen molar-refractivity contribution >= 4 is 5.91 Å². The molecule has 1 rings (SSSR count). The van der Waals surface area contributed by atoms with E-state index in [0.29, 0.717) is 0 Å². The first-order chi connectivity index (χ1) is 8.29. The van der Waals surface area contributed by atoms with Gasteiger partial charge >= 0.3 is 0 Å². The fraction of sp³-hybridized carbons (Fsp3) is 0.533. The van der Waals surface area contributed by atoms with E-state index in [0.717, 1.165) is 5.56 Å². The van der Waals surface area contributed by atoms with Gasteiger partial charge in [0.15, 0.2) is 0 Å². The second kappa shape index (κ2) is 6.01. The largest absolute Gasteiger partial charge is 0.366 e. The van der Waals surface area contributed by atoms with E-state index >= 15 is 0 Å². The molecular formula is C15H23NO2. The van der Waals surface area contributed by atoms with Crippen LogP contribution < -0.4 is 5.32 Å². The van der Waals surface area contributed by atoms with E-state index in [-0.39, 0.29) is 24.2 Å². The summed E-state index contributed by atoms with van der Waals surface area (Å²) in [5, 5.41) is 2.95. The van der Waals surface area contributed by atoms with Crippen LogP contribution in [0.5, 0.6) is 0 Å². The Balaban J connectivity index is 2.53. The third kappa shape index (κ3) is 4.88. The molecule has 3 heteroatoms. The highest BCUT2D eigenvalue weighted by atomic mass is 16.5. The Morgan fingerprint density at radius 1 is 1.33 bits per heavy atom. The maximum absolute atomic E-state index is 11.7. The molecule has 18 heavy (non-hydrogen) atoms. The van der Waals surface area contributed by atoms with Crippen LogP contribution in [0.15, 0.2) is 24.3 Å². The second-order valence-electron chi connectivity index (χ2n) is 5.55. The number of hydrogen-bond acceptors (Lipinski definition) is 2. The molecule has 1 amide bonds. The van der Waals surface area contributed by atoms with Gasteiger partial charge in [-0.25, -0.2) is 0 Å². The third-order valence-corrected chi connectivity index (χ3v) is 2.67. The van der Waals surface area contributed by atoms with Gasteiger partial charge in [0.1, 0.15) is 6.61 Å². The molecule has 1 aromatic rings. The predicted octanol–water partition coefficient (Wildman–Crippen LogP) is 2.99. The van der Waals surface area contributed by atoms with Crippen molar-refractivity contribution in [2.24, 2.45) is 0 Å². The van der Waals surface area contributed by atoms with Crippen LogP contribution in [-0.2, 0) is 9.53 Å².